The molecule has 2 N–H and O–H groups in total. The van der Waals surface area contributed by atoms with Crippen molar-refractivity contribution in [1.29, 1.82) is 0 Å². The summed E-state index contributed by atoms with van der Waals surface area (Å²) >= 11 is 0. The minimum Gasteiger partial charge on any atom is -0.343 e. The maximum Gasteiger partial charge on any atom is 0.242 e. The Balaban J connectivity index is 2.38. The van der Waals surface area contributed by atoms with Gasteiger partial charge < -0.3 is 10.6 Å². The van der Waals surface area contributed by atoms with E-state index in [4.69, 9.17) is 5.73 Å². The number of likely N-dealkylation sites (N-methyl/N-ethyl adjacent to an activating group) is 1. The Morgan fingerprint density at radius 2 is 1.76 bits per heavy atom. The fourth-order valence-electron chi connectivity index (χ4n) is 3.25. The van der Waals surface area contributed by atoms with Crippen LogP contribution in [-0.2, 0) is 4.79 Å². The Morgan fingerprint density at radius 3 is 2.29 bits per heavy atom. The zero-order valence-electron chi connectivity index (χ0n) is 13.8. The van der Waals surface area contributed by atoms with Gasteiger partial charge in [-0.15, -0.1) is 0 Å². The first-order chi connectivity index (χ1) is 9.75. The smallest absolute Gasteiger partial charge is 0.242 e. The summed E-state index contributed by atoms with van der Waals surface area (Å²) in [4.78, 5) is 16.6. The van der Waals surface area contributed by atoms with Crippen molar-refractivity contribution >= 4 is 5.91 Å². The molecule has 21 heavy (non-hydrogen) atoms. The molecular weight excluding hydrogens is 262 g/mol. The van der Waals surface area contributed by atoms with Crippen molar-refractivity contribution in [3.05, 3.63) is 35.4 Å². The average Bonchev–Trinajstić information content (AvgIpc) is 2.41. The van der Waals surface area contributed by atoms with Gasteiger partial charge in [-0.25, -0.2) is 0 Å². The lowest BCUT2D eigenvalue weighted by Gasteiger charge is -2.49. The second-order valence-corrected chi connectivity index (χ2v) is 6.69. The van der Waals surface area contributed by atoms with Crippen LogP contribution in [0, 0.1) is 6.92 Å². The predicted octanol–water partition coefficient (Wildman–Crippen LogP) is 1.94. The van der Waals surface area contributed by atoms with Crippen LogP contribution in [0.1, 0.15) is 37.9 Å². The van der Waals surface area contributed by atoms with Gasteiger partial charge in [0.1, 0.15) is 0 Å². The van der Waals surface area contributed by atoms with Gasteiger partial charge in [0.25, 0.3) is 0 Å². The molecule has 0 aliphatic carbocycles. The monoisotopic (exact) mass is 289 g/mol. The Hall–Kier alpha value is -1.39. The third-order valence-corrected chi connectivity index (χ3v) is 4.52. The van der Waals surface area contributed by atoms with E-state index >= 15 is 0 Å². The molecule has 116 valence electrons. The van der Waals surface area contributed by atoms with Gasteiger partial charge in [0.2, 0.25) is 5.91 Å². The number of nitrogens with zero attached hydrogens (tertiary/aromatic N) is 2. The van der Waals surface area contributed by atoms with Gasteiger partial charge in [0, 0.05) is 26.2 Å². The molecule has 4 heteroatoms. The molecule has 2 rings (SSSR count). The summed E-state index contributed by atoms with van der Waals surface area (Å²) in [6.07, 6.45) is 0. The summed E-state index contributed by atoms with van der Waals surface area (Å²) < 4.78 is 0. The largest absolute Gasteiger partial charge is 0.343 e. The van der Waals surface area contributed by atoms with E-state index in [2.05, 4.69) is 36.1 Å². The Morgan fingerprint density at radius 1 is 1.19 bits per heavy atom. The third kappa shape index (κ3) is 2.97. The number of piperazine rings is 1. The Bertz CT molecular complexity index is 507. The number of hydrogen-bond acceptors (Lipinski definition) is 3. The van der Waals surface area contributed by atoms with Crippen molar-refractivity contribution in [1.82, 2.24) is 9.80 Å². The van der Waals surface area contributed by atoms with Crippen LogP contribution in [0.5, 0.6) is 0 Å². The summed E-state index contributed by atoms with van der Waals surface area (Å²) in [6.45, 7) is 9.67. The summed E-state index contributed by atoms with van der Waals surface area (Å²) in [5, 5.41) is 0. The van der Waals surface area contributed by atoms with Gasteiger partial charge in [-0.05, 0) is 33.3 Å². The average molecular weight is 289 g/mol. The molecule has 4 nitrogen and oxygen atoms in total. The molecule has 2 atom stereocenters. The first-order valence-corrected chi connectivity index (χ1v) is 7.59. The summed E-state index contributed by atoms with van der Waals surface area (Å²) in [6, 6.07) is 8.48. The van der Waals surface area contributed by atoms with Gasteiger partial charge >= 0.3 is 0 Å². The van der Waals surface area contributed by atoms with Crippen molar-refractivity contribution < 1.29 is 4.79 Å². The fraction of sp³-hybridized carbons (Fsp3) is 0.588. The van der Waals surface area contributed by atoms with E-state index in [9.17, 15) is 4.79 Å². The molecule has 1 aliphatic rings. The maximum atomic E-state index is 12.5. The van der Waals surface area contributed by atoms with Gasteiger partial charge in [-0.1, -0.05) is 29.8 Å². The number of aryl methyl sites for hydroxylation is 1. The van der Waals surface area contributed by atoms with Crippen molar-refractivity contribution in [2.24, 2.45) is 5.73 Å². The molecule has 2 unspecified atom stereocenters. The zero-order valence-corrected chi connectivity index (χ0v) is 13.8. The molecule has 0 spiro atoms. The highest BCUT2D eigenvalue weighted by atomic mass is 16.2. The van der Waals surface area contributed by atoms with Gasteiger partial charge in [0.05, 0.1) is 11.6 Å². The van der Waals surface area contributed by atoms with E-state index in [0.29, 0.717) is 0 Å². The van der Waals surface area contributed by atoms with E-state index < -0.39 is 5.54 Å². The number of amides is 1. The van der Waals surface area contributed by atoms with Crippen molar-refractivity contribution in [2.45, 2.75) is 45.3 Å². The first kappa shape index (κ1) is 16.0. The first-order valence-electron chi connectivity index (χ1n) is 7.59. The lowest BCUT2D eigenvalue weighted by Crippen LogP contribution is -2.64. The molecule has 0 bridgehead atoms. The zero-order chi connectivity index (χ0) is 15.8. The van der Waals surface area contributed by atoms with Crippen LogP contribution in [0.15, 0.2) is 24.3 Å². The quantitative estimate of drug-likeness (QED) is 0.925. The number of carbonyl (C=O) groups is 1. The Kier molecular flexibility index (Phi) is 4.40. The lowest BCUT2D eigenvalue weighted by atomic mass is 9.89. The molecule has 1 saturated heterocycles. The van der Waals surface area contributed by atoms with E-state index in [0.717, 1.165) is 13.1 Å². The van der Waals surface area contributed by atoms with E-state index in [-0.39, 0.29) is 18.0 Å². The van der Waals surface area contributed by atoms with Crippen LogP contribution < -0.4 is 5.73 Å². The standard InChI is InChI=1S/C17H27N3O/c1-12-6-8-14(9-7-12)15(13(2)18)20-11-10-19(5)16(21)17(20,3)4/h6-9,13,15H,10-11,18H2,1-5H3. The topological polar surface area (TPSA) is 49.6 Å². The normalized spacial score (nSPS) is 22.2. The van der Waals surface area contributed by atoms with Crippen molar-refractivity contribution in [3.63, 3.8) is 0 Å². The molecule has 1 aromatic rings. The molecule has 0 saturated carbocycles. The molecule has 1 aromatic carbocycles. The number of carbonyl (C=O) groups excluding carboxylic acids is 1. The molecule has 0 radical (unpaired) electrons. The molecule has 1 aliphatic heterocycles. The van der Waals surface area contributed by atoms with Crippen LogP contribution in [0.2, 0.25) is 0 Å². The summed E-state index contributed by atoms with van der Waals surface area (Å²) in [7, 11) is 1.87. The second-order valence-electron chi connectivity index (χ2n) is 6.69. The fourth-order valence-corrected chi connectivity index (χ4v) is 3.25. The molecule has 1 fully saturated rings. The molecular formula is C17H27N3O. The predicted molar refractivity (Wildman–Crippen MR) is 86.0 cm³/mol. The van der Waals surface area contributed by atoms with Crippen LogP contribution >= 0.6 is 0 Å². The summed E-state index contributed by atoms with van der Waals surface area (Å²) in [5.74, 6) is 0.159. The highest BCUT2D eigenvalue weighted by molar-refractivity contribution is 5.86. The highest BCUT2D eigenvalue weighted by Crippen LogP contribution is 2.33. The van der Waals surface area contributed by atoms with Gasteiger partial charge in [-0.3, -0.25) is 9.69 Å². The molecule has 1 amide bonds. The SMILES string of the molecule is Cc1ccc(C(C(C)N)N2CCN(C)C(=O)C2(C)C)cc1. The summed E-state index contributed by atoms with van der Waals surface area (Å²) in [5.41, 5.74) is 8.15. The molecule has 0 aromatic heterocycles. The number of hydrogen-bond donors (Lipinski definition) is 1. The van der Waals surface area contributed by atoms with Crippen LogP contribution in [0.3, 0.4) is 0 Å². The van der Waals surface area contributed by atoms with Crippen LogP contribution in [-0.4, -0.2) is 47.4 Å². The number of benzene rings is 1. The van der Waals surface area contributed by atoms with E-state index in [1.54, 1.807) is 0 Å². The molecule has 1 heterocycles. The van der Waals surface area contributed by atoms with Crippen LogP contribution in [0.4, 0.5) is 0 Å². The van der Waals surface area contributed by atoms with Crippen molar-refractivity contribution in [3.8, 4) is 0 Å². The van der Waals surface area contributed by atoms with E-state index in [1.165, 1.54) is 11.1 Å². The second kappa shape index (κ2) is 5.78. The van der Waals surface area contributed by atoms with Gasteiger partial charge in [-0.2, -0.15) is 0 Å². The Labute approximate surface area is 127 Å². The van der Waals surface area contributed by atoms with Gasteiger partial charge in [0.15, 0.2) is 0 Å². The minimum atomic E-state index is -0.532. The lowest BCUT2D eigenvalue weighted by molar-refractivity contribution is -0.150. The third-order valence-electron chi connectivity index (χ3n) is 4.52. The van der Waals surface area contributed by atoms with Crippen molar-refractivity contribution in [2.75, 3.05) is 20.1 Å². The highest BCUT2D eigenvalue weighted by Gasteiger charge is 2.44. The van der Waals surface area contributed by atoms with E-state index in [1.807, 2.05) is 32.7 Å². The number of rotatable bonds is 3. The number of nitrogens with two attached hydrogens (primary N) is 1. The maximum absolute atomic E-state index is 12.5. The van der Waals surface area contributed by atoms with Crippen LogP contribution in [0.25, 0.3) is 0 Å². The minimum absolute atomic E-state index is 0.0387.